The van der Waals surface area contributed by atoms with Crippen LogP contribution in [0.1, 0.15) is 5.69 Å². The topological polar surface area (TPSA) is 107 Å². The van der Waals surface area contributed by atoms with Crippen molar-refractivity contribution in [3.63, 3.8) is 0 Å². The fourth-order valence-corrected chi connectivity index (χ4v) is 3.58. The maximum absolute atomic E-state index is 12.6. The molecular weight excluding hydrogens is 401 g/mol. The van der Waals surface area contributed by atoms with E-state index in [0.717, 1.165) is 29.1 Å². The number of nitro benzene ring substituents is 1. The number of aromatic nitrogens is 2. The first-order valence-electron chi connectivity index (χ1n) is 7.57. The molecule has 1 aromatic heterocycles. The lowest BCUT2D eigenvalue weighted by atomic mass is 10.3. The van der Waals surface area contributed by atoms with Gasteiger partial charge in [-0.15, -0.1) is 0 Å². The normalized spacial score (nSPS) is 12.0. The summed E-state index contributed by atoms with van der Waals surface area (Å²) in [7, 11) is -4.24. The number of nitrogens with zero attached hydrogens (tertiary/aromatic N) is 3. The fraction of sp³-hybridized carbons (Fsp3) is 0.0625. The number of para-hydroxylation sites is 1. The van der Waals surface area contributed by atoms with Crippen molar-refractivity contribution in [3.05, 3.63) is 76.6 Å². The third-order valence-corrected chi connectivity index (χ3v) is 5.04. The van der Waals surface area contributed by atoms with Crippen LogP contribution in [-0.2, 0) is 16.2 Å². The molecule has 12 heteroatoms. The van der Waals surface area contributed by atoms with E-state index in [9.17, 15) is 31.7 Å². The van der Waals surface area contributed by atoms with Crippen molar-refractivity contribution >= 4 is 21.4 Å². The summed E-state index contributed by atoms with van der Waals surface area (Å²) in [6.45, 7) is 0. The number of hydrogen-bond acceptors (Lipinski definition) is 5. The highest BCUT2D eigenvalue weighted by atomic mass is 32.2. The number of nitrogens with one attached hydrogen (secondary N) is 1. The second-order valence-electron chi connectivity index (χ2n) is 5.52. The Balaban J connectivity index is 1.85. The molecule has 0 fully saturated rings. The van der Waals surface area contributed by atoms with Gasteiger partial charge < -0.3 is 0 Å². The number of halogens is 3. The van der Waals surface area contributed by atoms with Gasteiger partial charge in [0.2, 0.25) is 0 Å². The summed E-state index contributed by atoms with van der Waals surface area (Å²) in [6.07, 6.45) is -3.46. The first kappa shape index (κ1) is 19.4. The number of nitro groups is 1. The molecule has 3 rings (SSSR count). The highest BCUT2D eigenvalue weighted by molar-refractivity contribution is 7.92. The van der Waals surface area contributed by atoms with Crippen LogP contribution in [0.4, 0.5) is 24.5 Å². The first-order valence-corrected chi connectivity index (χ1v) is 9.06. The third-order valence-electron chi connectivity index (χ3n) is 3.62. The van der Waals surface area contributed by atoms with Gasteiger partial charge in [0.25, 0.3) is 15.7 Å². The quantitative estimate of drug-likeness (QED) is 0.509. The largest absolute Gasteiger partial charge is 0.435 e. The molecule has 8 nitrogen and oxygen atoms in total. The van der Waals surface area contributed by atoms with Crippen molar-refractivity contribution in [3.8, 4) is 5.69 Å². The van der Waals surface area contributed by atoms with E-state index in [4.69, 9.17) is 0 Å². The summed E-state index contributed by atoms with van der Waals surface area (Å²) in [6, 6.07) is 11.0. The van der Waals surface area contributed by atoms with Crippen LogP contribution in [0, 0.1) is 10.1 Å². The fourth-order valence-electron chi connectivity index (χ4n) is 2.35. The molecular formula is C16H11F3N4O4S. The molecule has 3 aromatic rings. The van der Waals surface area contributed by atoms with Crippen molar-refractivity contribution < 1.29 is 26.5 Å². The molecule has 0 atom stereocenters. The van der Waals surface area contributed by atoms with Gasteiger partial charge in [-0.3, -0.25) is 14.8 Å². The van der Waals surface area contributed by atoms with Crippen LogP contribution in [0.15, 0.2) is 65.7 Å². The molecule has 0 aliphatic rings. The van der Waals surface area contributed by atoms with Gasteiger partial charge in [-0.2, -0.15) is 18.3 Å². The van der Waals surface area contributed by atoms with Crippen molar-refractivity contribution in [2.45, 2.75) is 11.1 Å². The summed E-state index contributed by atoms with van der Waals surface area (Å²) >= 11 is 0. The van der Waals surface area contributed by atoms with Crippen LogP contribution in [0.25, 0.3) is 5.69 Å². The Bertz CT molecular complexity index is 1130. The van der Waals surface area contributed by atoms with Crippen LogP contribution >= 0.6 is 0 Å². The molecule has 0 saturated carbocycles. The molecule has 0 radical (unpaired) electrons. The average Bonchev–Trinajstić information content (AvgIpc) is 3.12. The van der Waals surface area contributed by atoms with Crippen molar-refractivity contribution in [2.75, 3.05) is 4.72 Å². The Morgan fingerprint density at radius 3 is 2.25 bits per heavy atom. The minimum absolute atomic E-state index is 0.0742. The van der Waals surface area contributed by atoms with Crippen LogP contribution in [0.2, 0.25) is 0 Å². The van der Waals surface area contributed by atoms with Gasteiger partial charge in [-0.25, -0.2) is 13.1 Å². The molecule has 28 heavy (non-hydrogen) atoms. The van der Waals surface area contributed by atoms with E-state index in [1.165, 1.54) is 36.4 Å². The molecule has 0 bridgehead atoms. The van der Waals surface area contributed by atoms with Gasteiger partial charge in [-0.05, 0) is 36.4 Å². The summed E-state index contributed by atoms with van der Waals surface area (Å²) in [5.41, 5.74) is -1.30. The zero-order valence-electron chi connectivity index (χ0n) is 13.8. The van der Waals surface area contributed by atoms with E-state index in [0.29, 0.717) is 0 Å². The Kier molecular flexibility index (Phi) is 4.81. The van der Waals surface area contributed by atoms with Gasteiger partial charge in [0.05, 0.1) is 10.6 Å². The molecule has 0 saturated heterocycles. The maximum atomic E-state index is 12.6. The van der Waals surface area contributed by atoms with E-state index in [-0.39, 0.29) is 11.4 Å². The van der Waals surface area contributed by atoms with Gasteiger partial charge in [0.15, 0.2) is 10.6 Å². The summed E-state index contributed by atoms with van der Waals surface area (Å²) < 4.78 is 65.9. The second kappa shape index (κ2) is 6.96. The van der Waals surface area contributed by atoms with Crippen LogP contribution in [0.5, 0.6) is 0 Å². The predicted molar refractivity (Wildman–Crippen MR) is 92.5 cm³/mol. The number of anilines is 1. The molecule has 1 N–H and O–H groups in total. The monoisotopic (exact) mass is 412 g/mol. The lowest BCUT2D eigenvalue weighted by Gasteiger charge is -2.09. The summed E-state index contributed by atoms with van der Waals surface area (Å²) in [5, 5.41) is 14.4. The smallest absolute Gasteiger partial charge is 0.279 e. The first-order chi connectivity index (χ1) is 13.1. The standard InChI is InChI=1S/C16H11F3N4O4S/c17-16(18,19)15-9-10-22(20-15)12-7-5-11(6-8-12)21-28(26,27)14-4-2-1-3-13(14)23(24)25/h1-10,21H. The number of hydrogen-bond donors (Lipinski definition) is 1. The minimum atomic E-state index is -4.58. The average molecular weight is 412 g/mol. The van der Waals surface area contributed by atoms with Gasteiger partial charge in [-0.1, -0.05) is 12.1 Å². The maximum Gasteiger partial charge on any atom is 0.435 e. The van der Waals surface area contributed by atoms with E-state index < -0.39 is 37.4 Å². The molecule has 0 aliphatic heterocycles. The van der Waals surface area contributed by atoms with E-state index in [1.54, 1.807) is 0 Å². The van der Waals surface area contributed by atoms with Crippen LogP contribution in [-0.4, -0.2) is 23.1 Å². The van der Waals surface area contributed by atoms with Crippen molar-refractivity contribution in [2.24, 2.45) is 0 Å². The Labute approximate surface area is 156 Å². The zero-order valence-corrected chi connectivity index (χ0v) is 14.6. The lowest BCUT2D eigenvalue weighted by molar-refractivity contribution is -0.387. The van der Waals surface area contributed by atoms with Crippen LogP contribution < -0.4 is 4.72 Å². The number of rotatable bonds is 5. The third kappa shape index (κ3) is 3.96. The molecule has 0 spiro atoms. The molecule has 2 aromatic carbocycles. The highest BCUT2D eigenvalue weighted by Crippen LogP contribution is 2.28. The highest BCUT2D eigenvalue weighted by Gasteiger charge is 2.33. The Hall–Kier alpha value is -3.41. The van der Waals surface area contributed by atoms with Crippen molar-refractivity contribution in [1.82, 2.24) is 9.78 Å². The van der Waals surface area contributed by atoms with E-state index >= 15 is 0 Å². The van der Waals surface area contributed by atoms with Crippen LogP contribution in [0.3, 0.4) is 0 Å². The second-order valence-corrected chi connectivity index (χ2v) is 7.17. The van der Waals surface area contributed by atoms with Gasteiger partial charge in [0.1, 0.15) is 0 Å². The Morgan fingerprint density at radius 1 is 1.04 bits per heavy atom. The van der Waals surface area contributed by atoms with Gasteiger partial charge >= 0.3 is 6.18 Å². The predicted octanol–water partition coefficient (Wildman–Crippen LogP) is 3.60. The molecule has 0 aliphatic carbocycles. The van der Waals surface area contributed by atoms with E-state index in [2.05, 4.69) is 9.82 Å². The molecule has 0 amide bonds. The SMILES string of the molecule is O=[N+]([O-])c1ccccc1S(=O)(=O)Nc1ccc(-n2ccc(C(F)(F)F)n2)cc1. The summed E-state index contributed by atoms with van der Waals surface area (Å²) in [4.78, 5) is 9.70. The summed E-state index contributed by atoms with van der Waals surface area (Å²) in [5.74, 6) is 0. The molecule has 146 valence electrons. The lowest BCUT2D eigenvalue weighted by Crippen LogP contribution is -2.14. The van der Waals surface area contributed by atoms with Gasteiger partial charge in [0, 0.05) is 18.0 Å². The zero-order chi connectivity index (χ0) is 20.5. The van der Waals surface area contributed by atoms with E-state index in [1.807, 2.05) is 0 Å². The molecule has 1 heterocycles. The molecule has 0 unspecified atom stereocenters. The number of alkyl halides is 3. The minimum Gasteiger partial charge on any atom is -0.279 e. The number of sulfonamides is 1. The Morgan fingerprint density at radius 2 is 1.68 bits per heavy atom. The van der Waals surface area contributed by atoms with Crippen molar-refractivity contribution in [1.29, 1.82) is 0 Å². The number of benzene rings is 2.